The molecular formula is C17H21N5O7. The molecule has 1 aromatic carbocycles. The molecule has 0 radical (unpaired) electrons. The molecule has 0 saturated carbocycles. The van der Waals surface area contributed by atoms with Crippen LogP contribution < -0.4 is 5.32 Å². The van der Waals surface area contributed by atoms with Gasteiger partial charge in [-0.3, -0.25) is 14.9 Å². The Bertz CT molecular complexity index is 896. The maximum Gasteiger partial charge on any atom is 0.390 e. The SMILES string of the molecule is Cc1cc([N+](=O)[O-])nn1CC(C)C(=O)NC(CO)C(O)c1ccc([N+](=O)[O-])cc1. The number of aliphatic hydroxyl groups is 2. The van der Waals surface area contributed by atoms with Crippen molar-refractivity contribution in [3.8, 4) is 0 Å². The maximum absolute atomic E-state index is 12.5. The number of amides is 1. The fourth-order valence-electron chi connectivity index (χ4n) is 2.68. The predicted octanol–water partition coefficient (Wildman–Crippen LogP) is 0.855. The maximum atomic E-state index is 12.5. The molecule has 2 rings (SSSR count). The van der Waals surface area contributed by atoms with Crippen molar-refractivity contribution in [2.24, 2.45) is 5.92 Å². The highest BCUT2D eigenvalue weighted by molar-refractivity contribution is 5.78. The van der Waals surface area contributed by atoms with Crippen molar-refractivity contribution in [3.05, 3.63) is 61.8 Å². The number of carbonyl (C=O) groups is 1. The van der Waals surface area contributed by atoms with Gasteiger partial charge in [0, 0.05) is 12.1 Å². The van der Waals surface area contributed by atoms with Gasteiger partial charge in [-0.15, -0.1) is 0 Å². The van der Waals surface area contributed by atoms with Crippen LogP contribution in [0.1, 0.15) is 24.3 Å². The highest BCUT2D eigenvalue weighted by Crippen LogP contribution is 2.21. The van der Waals surface area contributed by atoms with E-state index in [0.717, 1.165) is 0 Å². The second-order valence-electron chi connectivity index (χ2n) is 6.58. The van der Waals surface area contributed by atoms with E-state index in [1.165, 1.54) is 35.0 Å². The first-order valence-corrected chi connectivity index (χ1v) is 8.66. The Morgan fingerprint density at radius 2 is 1.86 bits per heavy atom. The molecule has 156 valence electrons. The zero-order valence-electron chi connectivity index (χ0n) is 15.8. The van der Waals surface area contributed by atoms with Crippen molar-refractivity contribution in [3.63, 3.8) is 0 Å². The van der Waals surface area contributed by atoms with Crippen molar-refractivity contribution in [1.29, 1.82) is 0 Å². The molecule has 0 aliphatic heterocycles. The molecule has 3 unspecified atom stereocenters. The minimum atomic E-state index is -1.29. The molecule has 0 aliphatic carbocycles. The van der Waals surface area contributed by atoms with Crippen molar-refractivity contribution in [1.82, 2.24) is 15.1 Å². The molecule has 0 aliphatic rings. The third-order valence-electron chi connectivity index (χ3n) is 4.40. The first-order valence-electron chi connectivity index (χ1n) is 8.66. The zero-order valence-corrected chi connectivity index (χ0v) is 15.8. The highest BCUT2D eigenvalue weighted by atomic mass is 16.6. The summed E-state index contributed by atoms with van der Waals surface area (Å²) in [4.78, 5) is 32.7. The van der Waals surface area contributed by atoms with Gasteiger partial charge in [0.2, 0.25) is 5.91 Å². The molecule has 1 aromatic heterocycles. The van der Waals surface area contributed by atoms with E-state index in [9.17, 15) is 35.2 Å². The number of rotatable bonds is 9. The molecular weight excluding hydrogens is 386 g/mol. The Morgan fingerprint density at radius 3 is 2.34 bits per heavy atom. The topological polar surface area (TPSA) is 174 Å². The fourth-order valence-corrected chi connectivity index (χ4v) is 2.68. The number of aryl methyl sites for hydroxylation is 1. The van der Waals surface area contributed by atoms with E-state index in [2.05, 4.69) is 10.4 Å². The molecule has 0 bridgehead atoms. The lowest BCUT2D eigenvalue weighted by Gasteiger charge is -2.24. The predicted molar refractivity (Wildman–Crippen MR) is 99.9 cm³/mol. The summed E-state index contributed by atoms with van der Waals surface area (Å²) in [5.74, 6) is -1.48. The third-order valence-corrected chi connectivity index (χ3v) is 4.40. The average Bonchev–Trinajstić information content (AvgIpc) is 3.06. The number of aromatic nitrogens is 2. The molecule has 12 nitrogen and oxygen atoms in total. The molecule has 12 heteroatoms. The summed E-state index contributed by atoms with van der Waals surface area (Å²) >= 11 is 0. The van der Waals surface area contributed by atoms with Crippen molar-refractivity contribution < 1.29 is 24.9 Å². The molecule has 3 N–H and O–H groups in total. The molecule has 3 atom stereocenters. The number of nitro groups is 2. The molecule has 1 amide bonds. The highest BCUT2D eigenvalue weighted by Gasteiger charge is 2.26. The van der Waals surface area contributed by atoms with E-state index in [0.29, 0.717) is 11.3 Å². The van der Waals surface area contributed by atoms with E-state index in [1.54, 1.807) is 13.8 Å². The van der Waals surface area contributed by atoms with Crippen LogP contribution in [-0.4, -0.2) is 48.4 Å². The number of nitrogens with one attached hydrogen (secondary N) is 1. The fraction of sp³-hybridized carbons (Fsp3) is 0.412. The van der Waals surface area contributed by atoms with Gasteiger partial charge < -0.3 is 25.6 Å². The minimum absolute atomic E-state index is 0.0667. The number of carbonyl (C=O) groups excluding carboxylic acids is 1. The van der Waals surface area contributed by atoms with Crippen molar-refractivity contribution >= 4 is 17.4 Å². The summed E-state index contributed by atoms with van der Waals surface area (Å²) in [6.07, 6.45) is -1.29. The van der Waals surface area contributed by atoms with Gasteiger partial charge >= 0.3 is 5.82 Å². The van der Waals surface area contributed by atoms with Crippen LogP contribution in [0.2, 0.25) is 0 Å². The van der Waals surface area contributed by atoms with E-state index >= 15 is 0 Å². The van der Waals surface area contributed by atoms with Gasteiger partial charge in [0.15, 0.2) is 0 Å². The van der Waals surface area contributed by atoms with Gasteiger partial charge in [-0.25, -0.2) is 0 Å². The summed E-state index contributed by atoms with van der Waals surface area (Å²) in [6, 6.07) is 5.36. The summed E-state index contributed by atoms with van der Waals surface area (Å²) in [5.41, 5.74) is 0.657. The van der Waals surface area contributed by atoms with E-state index in [4.69, 9.17) is 0 Å². The Hall–Kier alpha value is -3.38. The molecule has 29 heavy (non-hydrogen) atoms. The Labute approximate surface area is 165 Å². The van der Waals surface area contributed by atoms with Crippen LogP contribution in [0.25, 0.3) is 0 Å². The summed E-state index contributed by atoms with van der Waals surface area (Å²) in [6.45, 7) is 2.70. The number of non-ortho nitro benzene ring substituents is 1. The minimum Gasteiger partial charge on any atom is -0.394 e. The second-order valence-corrected chi connectivity index (χ2v) is 6.58. The van der Waals surface area contributed by atoms with E-state index in [1.807, 2.05) is 0 Å². The normalized spacial score (nSPS) is 14.1. The summed E-state index contributed by atoms with van der Waals surface area (Å²) < 4.78 is 1.34. The van der Waals surface area contributed by atoms with Gasteiger partial charge in [-0.1, -0.05) is 6.92 Å². The van der Waals surface area contributed by atoms with Crippen molar-refractivity contribution in [2.45, 2.75) is 32.5 Å². The second kappa shape index (κ2) is 9.21. The quantitative estimate of drug-likeness (QED) is 0.405. The van der Waals surface area contributed by atoms with Gasteiger partial charge in [0.05, 0.1) is 46.9 Å². The van der Waals surface area contributed by atoms with E-state index < -0.39 is 40.4 Å². The first-order chi connectivity index (χ1) is 13.6. The number of nitrogens with zero attached hydrogens (tertiary/aromatic N) is 4. The number of hydrogen-bond donors (Lipinski definition) is 3. The lowest BCUT2D eigenvalue weighted by atomic mass is 10.0. The van der Waals surface area contributed by atoms with Crippen LogP contribution in [0.3, 0.4) is 0 Å². The number of hydrogen-bond acceptors (Lipinski definition) is 8. The molecule has 0 saturated heterocycles. The van der Waals surface area contributed by atoms with Gasteiger partial charge in [0.25, 0.3) is 5.69 Å². The average molecular weight is 407 g/mol. The molecule has 1 heterocycles. The Balaban J connectivity index is 2.04. The number of benzene rings is 1. The number of nitro benzene ring substituents is 1. The molecule has 0 spiro atoms. The smallest absolute Gasteiger partial charge is 0.390 e. The summed E-state index contributed by atoms with van der Waals surface area (Å²) in [7, 11) is 0. The van der Waals surface area contributed by atoms with Crippen LogP contribution >= 0.6 is 0 Å². The molecule has 0 fully saturated rings. The van der Waals surface area contributed by atoms with Crippen LogP contribution in [0, 0.1) is 33.1 Å². The molecule has 2 aromatic rings. The largest absolute Gasteiger partial charge is 0.394 e. The standard InChI is InChI=1S/C17H21N5O7/c1-10(8-20-11(2)7-15(19-20)22(28)29)17(25)18-14(9-23)16(24)12-3-5-13(6-4-12)21(26)27/h3-7,10,14,16,23-24H,8-9H2,1-2H3,(H,18,25). The Morgan fingerprint density at radius 1 is 1.24 bits per heavy atom. The van der Waals surface area contributed by atoms with Gasteiger partial charge in [-0.05, 0) is 29.5 Å². The lowest BCUT2D eigenvalue weighted by molar-refractivity contribution is -0.389. The number of aliphatic hydroxyl groups excluding tert-OH is 2. The monoisotopic (exact) mass is 407 g/mol. The van der Waals surface area contributed by atoms with Crippen LogP contribution in [-0.2, 0) is 11.3 Å². The van der Waals surface area contributed by atoms with Crippen LogP contribution in [0.5, 0.6) is 0 Å². The third kappa shape index (κ3) is 5.33. The van der Waals surface area contributed by atoms with Crippen molar-refractivity contribution in [2.75, 3.05) is 6.61 Å². The van der Waals surface area contributed by atoms with Crippen LogP contribution in [0.15, 0.2) is 30.3 Å². The van der Waals surface area contributed by atoms with E-state index in [-0.39, 0.29) is 18.1 Å². The van der Waals surface area contributed by atoms with Crippen LogP contribution in [0.4, 0.5) is 11.5 Å². The summed E-state index contributed by atoms with van der Waals surface area (Å²) in [5, 5.41) is 47.8. The zero-order chi connectivity index (χ0) is 21.7. The van der Waals surface area contributed by atoms with Gasteiger partial charge in [0.1, 0.15) is 6.10 Å². The Kier molecular flexibility index (Phi) is 6.96. The first kappa shape index (κ1) is 21.9. The van der Waals surface area contributed by atoms with Gasteiger partial charge in [-0.2, -0.15) is 4.68 Å². The lowest BCUT2D eigenvalue weighted by Crippen LogP contribution is -2.44.